The molecule has 14 heavy (non-hydrogen) atoms. The van der Waals surface area contributed by atoms with E-state index in [2.05, 4.69) is 25.7 Å². The van der Waals surface area contributed by atoms with Gasteiger partial charge >= 0.3 is 5.97 Å². The minimum atomic E-state index is -0.354. The third-order valence-electron chi connectivity index (χ3n) is 2.00. The predicted molar refractivity (Wildman–Crippen MR) is 58.1 cm³/mol. The minimum Gasteiger partial charge on any atom is -0.461 e. The molecule has 1 atom stereocenters. The maximum absolute atomic E-state index is 10.7. The number of esters is 1. The molecule has 1 unspecified atom stereocenters. The highest BCUT2D eigenvalue weighted by atomic mass is 16.5. The standard InChI is InChI=1S/C11H21NO2/c1-4-6-7-10(3)12-8-9-14-11(13)5-2/h5,10,12H,2,4,6-9H2,1,3H3. The van der Waals surface area contributed by atoms with Crippen molar-refractivity contribution in [2.45, 2.75) is 39.2 Å². The Kier molecular flexibility index (Phi) is 8.24. The maximum atomic E-state index is 10.7. The number of carbonyl (C=O) groups is 1. The van der Waals surface area contributed by atoms with Crippen LogP contribution in [0.3, 0.4) is 0 Å². The molecule has 0 aliphatic carbocycles. The summed E-state index contributed by atoms with van der Waals surface area (Å²) in [4.78, 5) is 10.7. The van der Waals surface area contributed by atoms with Gasteiger partial charge in [0.15, 0.2) is 0 Å². The Bertz CT molecular complexity index is 169. The molecule has 0 spiro atoms. The van der Waals surface area contributed by atoms with Crippen LogP contribution in [-0.2, 0) is 9.53 Å². The lowest BCUT2D eigenvalue weighted by Crippen LogP contribution is -2.29. The number of hydrogen-bond donors (Lipinski definition) is 1. The summed E-state index contributed by atoms with van der Waals surface area (Å²) in [6.07, 6.45) is 4.81. The molecule has 0 amide bonds. The smallest absolute Gasteiger partial charge is 0.330 e. The summed E-state index contributed by atoms with van der Waals surface area (Å²) in [6, 6.07) is 0.498. The van der Waals surface area contributed by atoms with Crippen LogP contribution < -0.4 is 5.32 Å². The Morgan fingerprint density at radius 2 is 2.36 bits per heavy atom. The van der Waals surface area contributed by atoms with E-state index in [0.717, 1.165) is 0 Å². The maximum Gasteiger partial charge on any atom is 0.330 e. The topological polar surface area (TPSA) is 38.3 Å². The van der Waals surface area contributed by atoms with Gasteiger partial charge in [-0.25, -0.2) is 4.79 Å². The average Bonchev–Trinajstić information content (AvgIpc) is 2.21. The lowest BCUT2D eigenvalue weighted by Gasteiger charge is -2.12. The normalized spacial score (nSPS) is 12.1. The lowest BCUT2D eigenvalue weighted by atomic mass is 10.1. The van der Waals surface area contributed by atoms with Crippen molar-refractivity contribution >= 4 is 5.97 Å². The zero-order chi connectivity index (χ0) is 10.8. The highest BCUT2D eigenvalue weighted by Crippen LogP contribution is 1.98. The van der Waals surface area contributed by atoms with Crippen molar-refractivity contribution in [2.75, 3.05) is 13.2 Å². The van der Waals surface area contributed by atoms with Crippen molar-refractivity contribution < 1.29 is 9.53 Å². The molecule has 0 aliphatic heterocycles. The number of carbonyl (C=O) groups excluding carboxylic acids is 1. The Morgan fingerprint density at radius 1 is 1.64 bits per heavy atom. The van der Waals surface area contributed by atoms with Crippen LogP contribution in [0.25, 0.3) is 0 Å². The van der Waals surface area contributed by atoms with Gasteiger partial charge < -0.3 is 10.1 Å². The summed E-state index contributed by atoms with van der Waals surface area (Å²) in [6.45, 7) is 8.77. The van der Waals surface area contributed by atoms with Crippen molar-refractivity contribution in [3.8, 4) is 0 Å². The van der Waals surface area contributed by atoms with Crippen molar-refractivity contribution in [1.82, 2.24) is 5.32 Å². The van der Waals surface area contributed by atoms with Crippen LogP contribution in [0.2, 0.25) is 0 Å². The highest BCUT2D eigenvalue weighted by molar-refractivity contribution is 5.81. The first-order valence-electron chi connectivity index (χ1n) is 5.23. The van der Waals surface area contributed by atoms with Crippen LogP contribution in [0.1, 0.15) is 33.1 Å². The third kappa shape index (κ3) is 7.80. The first kappa shape index (κ1) is 13.2. The van der Waals surface area contributed by atoms with Gasteiger partial charge in [-0.2, -0.15) is 0 Å². The molecule has 0 fully saturated rings. The van der Waals surface area contributed by atoms with E-state index >= 15 is 0 Å². The second-order valence-corrected chi connectivity index (χ2v) is 3.37. The first-order chi connectivity index (χ1) is 6.70. The molecule has 0 heterocycles. The molecule has 0 saturated carbocycles. The molecular weight excluding hydrogens is 178 g/mol. The van der Waals surface area contributed by atoms with Crippen molar-refractivity contribution in [3.05, 3.63) is 12.7 Å². The molecule has 0 radical (unpaired) electrons. The summed E-state index contributed by atoms with van der Waals surface area (Å²) in [5.41, 5.74) is 0. The summed E-state index contributed by atoms with van der Waals surface area (Å²) in [7, 11) is 0. The van der Waals surface area contributed by atoms with Crippen molar-refractivity contribution in [3.63, 3.8) is 0 Å². The molecule has 0 aromatic carbocycles. The van der Waals surface area contributed by atoms with E-state index in [1.54, 1.807) is 0 Å². The molecule has 3 nitrogen and oxygen atoms in total. The zero-order valence-electron chi connectivity index (χ0n) is 9.21. The SMILES string of the molecule is C=CC(=O)OCCNC(C)CCCC. The third-order valence-corrected chi connectivity index (χ3v) is 2.00. The van der Waals surface area contributed by atoms with Crippen LogP contribution in [0.15, 0.2) is 12.7 Å². The van der Waals surface area contributed by atoms with Gasteiger partial charge in [-0.05, 0) is 13.3 Å². The van der Waals surface area contributed by atoms with E-state index in [4.69, 9.17) is 4.74 Å². The number of nitrogens with one attached hydrogen (secondary N) is 1. The quantitative estimate of drug-likeness (QED) is 0.368. The summed E-state index contributed by atoms with van der Waals surface area (Å²) >= 11 is 0. The monoisotopic (exact) mass is 199 g/mol. The van der Waals surface area contributed by atoms with Gasteiger partial charge in [-0.1, -0.05) is 26.3 Å². The van der Waals surface area contributed by atoms with E-state index in [-0.39, 0.29) is 5.97 Å². The van der Waals surface area contributed by atoms with Crippen LogP contribution >= 0.6 is 0 Å². The van der Waals surface area contributed by atoms with Gasteiger partial charge in [0.2, 0.25) is 0 Å². The number of rotatable bonds is 8. The molecule has 0 bridgehead atoms. The van der Waals surface area contributed by atoms with Crippen LogP contribution in [-0.4, -0.2) is 25.2 Å². The second-order valence-electron chi connectivity index (χ2n) is 3.37. The minimum absolute atomic E-state index is 0.354. The van der Waals surface area contributed by atoms with Crippen LogP contribution in [0, 0.1) is 0 Å². The Morgan fingerprint density at radius 3 is 2.93 bits per heavy atom. The average molecular weight is 199 g/mol. The van der Waals surface area contributed by atoms with Gasteiger partial charge in [0.1, 0.15) is 6.61 Å². The van der Waals surface area contributed by atoms with Crippen molar-refractivity contribution in [2.24, 2.45) is 0 Å². The molecule has 0 aliphatic rings. The number of hydrogen-bond acceptors (Lipinski definition) is 3. The fraction of sp³-hybridized carbons (Fsp3) is 0.727. The predicted octanol–water partition coefficient (Wildman–Crippen LogP) is 1.88. The number of ether oxygens (including phenoxy) is 1. The van der Waals surface area contributed by atoms with Gasteiger partial charge in [0, 0.05) is 18.7 Å². The first-order valence-corrected chi connectivity index (χ1v) is 5.23. The molecule has 82 valence electrons. The molecular formula is C11H21NO2. The number of unbranched alkanes of at least 4 members (excludes halogenated alkanes) is 1. The summed E-state index contributed by atoms with van der Waals surface area (Å²) in [5, 5.41) is 3.29. The van der Waals surface area contributed by atoms with Crippen LogP contribution in [0.4, 0.5) is 0 Å². The van der Waals surface area contributed by atoms with E-state index in [0.29, 0.717) is 19.2 Å². The van der Waals surface area contributed by atoms with E-state index in [1.165, 1.54) is 25.3 Å². The van der Waals surface area contributed by atoms with Gasteiger partial charge in [0.05, 0.1) is 0 Å². The van der Waals surface area contributed by atoms with E-state index < -0.39 is 0 Å². The van der Waals surface area contributed by atoms with Crippen molar-refractivity contribution in [1.29, 1.82) is 0 Å². The van der Waals surface area contributed by atoms with E-state index in [9.17, 15) is 4.79 Å². The summed E-state index contributed by atoms with van der Waals surface area (Å²) < 4.78 is 4.83. The highest BCUT2D eigenvalue weighted by Gasteiger charge is 2.00. The fourth-order valence-electron chi connectivity index (χ4n) is 1.13. The van der Waals surface area contributed by atoms with Crippen LogP contribution in [0.5, 0.6) is 0 Å². The molecule has 0 rings (SSSR count). The zero-order valence-corrected chi connectivity index (χ0v) is 9.21. The van der Waals surface area contributed by atoms with Gasteiger partial charge in [-0.15, -0.1) is 0 Å². The van der Waals surface area contributed by atoms with Gasteiger partial charge in [-0.3, -0.25) is 0 Å². The Hall–Kier alpha value is -0.830. The fourth-order valence-corrected chi connectivity index (χ4v) is 1.13. The van der Waals surface area contributed by atoms with E-state index in [1.807, 2.05) is 0 Å². The molecule has 0 aromatic heterocycles. The molecule has 0 aromatic rings. The molecule has 0 saturated heterocycles. The largest absolute Gasteiger partial charge is 0.461 e. The molecule has 1 N–H and O–H groups in total. The summed E-state index contributed by atoms with van der Waals surface area (Å²) in [5.74, 6) is -0.354. The second kappa shape index (κ2) is 8.75. The Balaban J connectivity index is 3.26. The lowest BCUT2D eigenvalue weighted by molar-refractivity contribution is -0.137. The molecule has 3 heteroatoms. The van der Waals surface area contributed by atoms with Gasteiger partial charge in [0.25, 0.3) is 0 Å². The Labute approximate surface area is 86.5 Å².